The molecule has 4 heterocycles. The number of aromatic nitrogens is 3. The summed E-state index contributed by atoms with van der Waals surface area (Å²) in [5.74, 6) is -0.193. The molecule has 2 amide bonds. The van der Waals surface area contributed by atoms with E-state index in [-0.39, 0.29) is 35.2 Å². The Hall–Kier alpha value is -4.26. The van der Waals surface area contributed by atoms with Crippen LogP contribution in [0.3, 0.4) is 0 Å². The highest BCUT2D eigenvalue weighted by Crippen LogP contribution is 2.31. The number of rotatable bonds is 3. The number of anilines is 1. The van der Waals surface area contributed by atoms with Crippen molar-refractivity contribution in [3.05, 3.63) is 59.2 Å². The van der Waals surface area contributed by atoms with Crippen LogP contribution in [-0.4, -0.2) is 46.2 Å². The van der Waals surface area contributed by atoms with Gasteiger partial charge in [0.05, 0.1) is 46.4 Å². The van der Waals surface area contributed by atoms with E-state index in [2.05, 4.69) is 20.7 Å². The van der Waals surface area contributed by atoms with E-state index in [4.69, 9.17) is 0 Å². The summed E-state index contributed by atoms with van der Waals surface area (Å²) in [6.07, 6.45) is 2.08. The standard InChI is InChI=1S/C22H18FN7O2/c23-14-3-1-2-13(11-24)20(14)15-10-17(21-16(27-15)12-26-22(21)32)30-8-4-18(28-30)29-7-5-19(31)25-6-9-29/h1-4,8,10H,5-7,9,12H2,(H,25,31)(H,26,32). The molecule has 0 unspecified atom stereocenters. The van der Waals surface area contributed by atoms with E-state index in [1.807, 2.05) is 11.0 Å². The second-order valence-electron chi connectivity index (χ2n) is 7.51. The Morgan fingerprint density at radius 2 is 2.00 bits per heavy atom. The minimum atomic E-state index is -0.567. The second kappa shape index (κ2) is 7.77. The van der Waals surface area contributed by atoms with E-state index in [1.165, 1.54) is 18.2 Å². The molecule has 0 spiro atoms. The van der Waals surface area contributed by atoms with Crippen molar-refractivity contribution < 1.29 is 14.0 Å². The molecular formula is C22H18FN7O2. The molecule has 2 N–H and O–H groups in total. The van der Waals surface area contributed by atoms with E-state index in [1.54, 1.807) is 23.0 Å². The Bertz CT molecular complexity index is 1290. The molecule has 2 aromatic heterocycles. The molecule has 0 aliphatic carbocycles. The highest BCUT2D eigenvalue weighted by molar-refractivity contribution is 6.01. The summed E-state index contributed by atoms with van der Waals surface area (Å²) in [6, 6.07) is 9.65. The summed E-state index contributed by atoms with van der Waals surface area (Å²) in [4.78, 5) is 30.6. The number of nitrogens with zero attached hydrogens (tertiary/aromatic N) is 5. The normalized spacial score (nSPS) is 15.6. The third kappa shape index (κ3) is 3.33. The molecule has 2 aliphatic rings. The summed E-state index contributed by atoms with van der Waals surface area (Å²) >= 11 is 0. The topological polar surface area (TPSA) is 116 Å². The lowest BCUT2D eigenvalue weighted by atomic mass is 10.0. The van der Waals surface area contributed by atoms with Crippen molar-refractivity contribution in [3.8, 4) is 23.0 Å². The number of hydrogen-bond acceptors (Lipinski definition) is 6. The molecule has 3 aromatic rings. The van der Waals surface area contributed by atoms with Gasteiger partial charge >= 0.3 is 0 Å². The quantitative estimate of drug-likeness (QED) is 0.650. The van der Waals surface area contributed by atoms with Crippen LogP contribution in [0.5, 0.6) is 0 Å². The smallest absolute Gasteiger partial charge is 0.255 e. The van der Waals surface area contributed by atoms with Crippen molar-refractivity contribution in [1.82, 2.24) is 25.4 Å². The van der Waals surface area contributed by atoms with Crippen LogP contribution in [-0.2, 0) is 11.3 Å². The molecule has 1 fully saturated rings. The van der Waals surface area contributed by atoms with Crippen LogP contribution in [0.2, 0.25) is 0 Å². The predicted octanol–water partition coefficient (Wildman–Crippen LogP) is 1.51. The van der Waals surface area contributed by atoms with Crippen LogP contribution < -0.4 is 15.5 Å². The van der Waals surface area contributed by atoms with E-state index in [9.17, 15) is 19.2 Å². The molecule has 0 atom stereocenters. The highest BCUT2D eigenvalue weighted by Gasteiger charge is 2.28. The Morgan fingerprint density at radius 3 is 2.84 bits per heavy atom. The van der Waals surface area contributed by atoms with Crippen molar-refractivity contribution >= 4 is 17.6 Å². The lowest BCUT2D eigenvalue weighted by Crippen LogP contribution is -2.28. The van der Waals surface area contributed by atoms with Gasteiger partial charge < -0.3 is 15.5 Å². The molecule has 10 heteroatoms. The molecular weight excluding hydrogens is 413 g/mol. The van der Waals surface area contributed by atoms with Gasteiger partial charge in [-0.3, -0.25) is 9.59 Å². The number of fused-ring (bicyclic) bond motifs is 1. The monoisotopic (exact) mass is 431 g/mol. The van der Waals surface area contributed by atoms with E-state index in [0.717, 1.165) is 0 Å². The Balaban J connectivity index is 1.61. The fraction of sp³-hybridized carbons (Fsp3) is 0.227. The minimum Gasteiger partial charge on any atom is -0.354 e. The number of amides is 2. The fourth-order valence-corrected chi connectivity index (χ4v) is 4.01. The molecule has 0 saturated carbocycles. The molecule has 5 rings (SSSR count). The minimum absolute atomic E-state index is 0.00150. The van der Waals surface area contributed by atoms with Gasteiger partial charge in [-0.15, -0.1) is 0 Å². The molecule has 1 saturated heterocycles. The van der Waals surface area contributed by atoms with Crippen molar-refractivity contribution in [1.29, 1.82) is 5.26 Å². The number of nitrogens with one attached hydrogen (secondary N) is 2. The zero-order valence-electron chi connectivity index (χ0n) is 16.9. The number of nitriles is 1. The molecule has 32 heavy (non-hydrogen) atoms. The Kier molecular flexibility index (Phi) is 4.78. The average molecular weight is 431 g/mol. The van der Waals surface area contributed by atoms with Gasteiger partial charge in [-0.25, -0.2) is 14.1 Å². The number of benzene rings is 1. The summed E-state index contributed by atoms with van der Waals surface area (Å²) in [6.45, 7) is 1.87. The van der Waals surface area contributed by atoms with Gasteiger partial charge in [0.15, 0.2) is 5.82 Å². The average Bonchev–Trinajstić information content (AvgIpc) is 3.36. The highest BCUT2D eigenvalue weighted by atomic mass is 19.1. The SMILES string of the molecule is N#Cc1cccc(F)c1-c1cc(-n2ccc(N3CCNC(=O)CC3)n2)c2c(n1)CNC2=O. The van der Waals surface area contributed by atoms with Gasteiger partial charge in [0, 0.05) is 38.3 Å². The molecule has 0 bridgehead atoms. The van der Waals surface area contributed by atoms with Crippen molar-refractivity contribution in [2.75, 3.05) is 24.5 Å². The van der Waals surface area contributed by atoms with Crippen LogP contribution in [0.25, 0.3) is 16.9 Å². The number of halogens is 1. The Labute approximate surface area is 182 Å². The van der Waals surface area contributed by atoms with E-state index < -0.39 is 5.82 Å². The van der Waals surface area contributed by atoms with Crippen LogP contribution in [0, 0.1) is 17.1 Å². The van der Waals surface area contributed by atoms with Crippen LogP contribution >= 0.6 is 0 Å². The first-order valence-electron chi connectivity index (χ1n) is 10.1. The van der Waals surface area contributed by atoms with Crippen molar-refractivity contribution in [3.63, 3.8) is 0 Å². The van der Waals surface area contributed by atoms with Crippen LogP contribution in [0.15, 0.2) is 36.5 Å². The van der Waals surface area contributed by atoms with Gasteiger partial charge in [-0.2, -0.15) is 10.4 Å². The first-order chi connectivity index (χ1) is 15.5. The molecule has 0 radical (unpaired) electrons. The van der Waals surface area contributed by atoms with Crippen molar-refractivity contribution in [2.24, 2.45) is 0 Å². The lowest BCUT2D eigenvalue weighted by Gasteiger charge is -2.18. The maximum Gasteiger partial charge on any atom is 0.255 e. The summed E-state index contributed by atoms with van der Waals surface area (Å²) < 4.78 is 16.2. The lowest BCUT2D eigenvalue weighted by molar-refractivity contribution is -0.120. The van der Waals surface area contributed by atoms with Crippen molar-refractivity contribution in [2.45, 2.75) is 13.0 Å². The first kappa shape index (κ1) is 19.7. The summed E-state index contributed by atoms with van der Waals surface area (Å²) in [5, 5.41) is 19.6. The van der Waals surface area contributed by atoms with Crippen LogP contribution in [0.1, 0.15) is 28.0 Å². The number of carbonyl (C=O) groups excluding carboxylic acids is 2. The Morgan fingerprint density at radius 1 is 1.12 bits per heavy atom. The van der Waals surface area contributed by atoms with E-state index >= 15 is 0 Å². The maximum absolute atomic E-state index is 14.7. The van der Waals surface area contributed by atoms with Gasteiger partial charge in [0.2, 0.25) is 5.91 Å². The zero-order chi connectivity index (χ0) is 22.2. The third-order valence-corrected chi connectivity index (χ3v) is 5.57. The maximum atomic E-state index is 14.7. The van der Waals surface area contributed by atoms with Crippen LogP contribution in [0.4, 0.5) is 10.2 Å². The number of carbonyl (C=O) groups is 2. The number of hydrogen-bond donors (Lipinski definition) is 2. The van der Waals surface area contributed by atoms with Gasteiger partial charge in [0.25, 0.3) is 5.91 Å². The van der Waals surface area contributed by atoms with Gasteiger partial charge in [-0.1, -0.05) is 6.07 Å². The largest absolute Gasteiger partial charge is 0.354 e. The number of pyridine rings is 1. The molecule has 1 aromatic carbocycles. The molecule has 9 nitrogen and oxygen atoms in total. The predicted molar refractivity (Wildman–Crippen MR) is 112 cm³/mol. The first-order valence-corrected chi connectivity index (χ1v) is 10.1. The second-order valence-corrected chi connectivity index (χ2v) is 7.51. The molecule has 160 valence electrons. The summed E-state index contributed by atoms with van der Waals surface area (Å²) in [5.41, 5.74) is 1.78. The van der Waals surface area contributed by atoms with Gasteiger partial charge in [0.1, 0.15) is 5.82 Å². The zero-order valence-corrected chi connectivity index (χ0v) is 16.9. The van der Waals surface area contributed by atoms with Gasteiger partial charge in [-0.05, 0) is 18.2 Å². The van der Waals surface area contributed by atoms with E-state index in [0.29, 0.717) is 48.8 Å². The third-order valence-electron chi connectivity index (χ3n) is 5.57. The summed E-state index contributed by atoms with van der Waals surface area (Å²) in [7, 11) is 0. The molecule has 2 aliphatic heterocycles. The fourth-order valence-electron chi connectivity index (χ4n) is 4.01.